The Morgan fingerprint density at radius 2 is 1.69 bits per heavy atom. The molecule has 0 bridgehead atoms. The fourth-order valence-electron chi connectivity index (χ4n) is 3.51. The van der Waals surface area contributed by atoms with E-state index < -0.39 is 15.9 Å². The van der Waals surface area contributed by atoms with Crippen LogP contribution in [0.2, 0.25) is 0 Å². The Balaban J connectivity index is 1.67. The average Bonchev–Trinajstić information content (AvgIpc) is 2.87. The van der Waals surface area contributed by atoms with E-state index in [1.165, 1.54) is 6.21 Å². The summed E-state index contributed by atoms with van der Waals surface area (Å²) in [6.45, 7) is 4.29. The minimum absolute atomic E-state index is 0.385. The molecule has 0 aliphatic heterocycles. The van der Waals surface area contributed by atoms with Crippen LogP contribution in [0.25, 0.3) is 0 Å². The van der Waals surface area contributed by atoms with Crippen molar-refractivity contribution in [2.24, 2.45) is 5.10 Å². The first-order valence-corrected chi connectivity index (χ1v) is 13.5. The maximum atomic E-state index is 12.5. The maximum absolute atomic E-state index is 12.5. The van der Waals surface area contributed by atoms with E-state index >= 15 is 0 Å². The van der Waals surface area contributed by atoms with Crippen molar-refractivity contribution < 1.29 is 22.7 Å². The lowest BCUT2D eigenvalue weighted by Crippen LogP contribution is -2.39. The molecule has 0 aliphatic carbocycles. The van der Waals surface area contributed by atoms with Gasteiger partial charge in [0.2, 0.25) is 10.0 Å². The molecule has 0 saturated heterocycles. The fourth-order valence-corrected chi connectivity index (χ4v) is 4.39. The summed E-state index contributed by atoms with van der Waals surface area (Å²) in [6, 6.07) is 22.3. The van der Waals surface area contributed by atoms with Crippen molar-refractivity contribution in [3.63, 3.8) is 0 Å². The lowest BCUT2D eigenvalue weighted by Gasteiger charge is -2.23. The molecule has 0 radical (unpaired) electrons. The minimum Gasteiger partial charge on any atom is -0.490 e. The second-order valence-electron chi connectivity index (χ2n) is 7.96. The molecule has 1 amide bonds. The predicted molar refractivity (Wildman–Crippen MR) is 142 cm³/mol. The van der Waals surface area contributed by atoms with E-state index in [9.17, 15) is 13.2 Å². The van der Waals surface area contributed by atoms with Crippen LogP contribution >= 0.6 is 0 Å². The van der Waals surface area contributed by atoms with Crippen molar-refractivity contribution >= 4 is 27.8 Å². The molecule has 0 unspecified atom stereocenters. The molecule has 8 nitrogen and oxygen atoms in total. The van der Waals surface area contributed by atoms with Crippen LogP contribution in [-0.4, -0.2) is 39.9 Å². The minimum atomic E-state index is -3.67. The number of para-hydroxylation sites is 1. The van der Waals surface area contributed by atoms with Crippen molar-refractivity contribution in [1.29, 1.82) is 0 Å². The highest BCUT2D eigenvalue weighted by Gasteiger charge is 2.22. The monoisotopic (exact) mass is 509 g/mol. The molecular weight excluding hydrogens is 478 g/mol. The van der Waals surface area contributed by atoms with E-state index in [0.717, 1.165) is 21.7 Å². The summed E-state index contributed by atoms with van der Waals surface area (Å²) in [5, 5.41) is 3.99. The van der Waals surface area contributed by atoms with Crippen LogP contribution in [0, 0.1) is 0 Å². The van der Waals surface area contributed by atoms with Gasteiger partial charge in [0, 0.05) is 0 Å². The second kappa shape index (κ2) is 12.7. The van der Waals surface area contributed by atoms with E-state index in [1.54, 1.807) is 30.3 Å². The van der Waals surface area contributed by atoms with Gasteiger partial charge in [-0.3, -0.25) is 9.10 Å². The molecule has 0 saturated carbocycles. The van der Waals surface area contributed by atoms with Crippen LogP contribution in [0.15, 0.2) is 77.9 Å². The maximum Gasteiger partial charge on any atom is 0.260 e. The highest BCUT2D eigenvalue weighted by Crippen LogP contribution is 2.29. The number of ether oxygens (including phenoxy) is 2. The Kier molecular flexibility index (Phi) is 9.46. The van der Waals surface area contributed by atoms with Crippen LogP contribution < -0.4 is 19.2 Å². The van der Waals surface area contributed by atoms with Gasteiger partial charge in [-0.05, 0) is 54.3 Å². The number of amides is 1. The number of nitrogens with zero attached hydrogens (tertiary/aromatic N) is 2. The number of aryl methyl sites for hydroxylation is 1. The highest BCUT2D eigenvalue weighted by molar-refractivity contribution is 7.92. The van der Waals surface area contributed by atoms with Crippen LogP contribution in [0.3, 0.4) is 0 Å². The number of hydrogen-bond donors (Lipinski definition) is 1. The molecule has 0 heterocycles. The van der Waals surface area contributed by atoms with E-state index in [0.29, 0.717) is 42.4 Å². The summed E-state index contributed by atoms with van der Waals surface area (Å²) >= 11 is 0. The number of hydrogen-bond acceptors (Lipinski definition) is 6. The Morgan fingerprint density at radius 3 is 2.39 bits per heavy atom. The third-order valence-corrected chi connectivity index (χ3v) is 6.36. The SMILES string of the molecule is CCOc1cc(/C=N\NC(=O)CN(c2ccccc2CC)S(C)(=O)=O)ccc1OCc1ccccc1. The molecule has 3 aromatic carbocycles. The molecule has 36 heavy (non-hydrogen) atoms. The second-order valence-corrected chi connectivity index (χ2v) is 9.87. The molecule has 3 aromatic rings. The van der Waals surface area contributed by atoms with E-state index in [2.05, 4.69) is 10.5 Å². The Morgan fingerprint density at radius 1 is 0.972 bits per heavy atom. The summed E-state index contributed by atoms with van der Waals surface area (Å²) < 4.78 is 37.5. The van der Waals surface area contributed by atoms with Gasteiger partial charge in [0.15, 0.2) is 11.5 Å². The lowest BCUT2D eigenvalue weighted by molar-refractivity contribution is -0.119. The van der Waals surface area contributed by atoms with Gasteiger partial charge in [0.1, 0.15) is 13.2 Å². The third-order valence-electron chi connectivity index (χ3n) is 5.24. The number of carbonyl (C=O) groups is 1. The number of rotatable bonds is 12. The van der Waals surface area contributed by atoms with Crippen LogP contribution in [0.5, 0.6) is 11.5 Å². The number of nitrogens with one attached hydrogen (secondary N) is 1. The molecule has 1 N–H and O–H groups in total. The lowest BCUT2D eigenvalue weighted by atomic mass is 10.1. The zero-order valence-electron chi connectivity index (χ0n) is 20.7. The molecular formula is C27H31N3O5S. The zero-order chi connectivity index (χ0) is 26.0. The summed E-state index contributed by atoms with van der Waals surface area (Å²) in [7, 11) is -3.67. The van der Waals surface area contributed by atoms with E-state index in [1.807, 2.05) is 56.3 Å². The number of anilines is 1. The van der Waals surface area contributed by atoms with Crippen molar-refractivity contribution in [3.8, 4) is 11.5 Å². The first-order valence-electron chi connectivity index (χ1n) is 11.6. The van der Waals surface area contributed by atoms with Crippen LogP contribution in [0.4, 0.5) is 5.69 Å². The van der Waals surface area contributed by atoms with Gasteiger partial charge < -0.3 is 9.47 Å². The third kappa shape index (κ3) is 7.58. The van der Waals surface area contributed by atoms with Crippen molar-refractivity contribution in [2.75, 3.05) is 23.7 Å². The highest BCUT2D eigenvalue weighted by atomic mass is 32.2. The smallest absolute Gasteiger partial charge is 0.260 e. The molecule has 0 aliphatic rings. The van der Waals surface area contributed by atoms with Crippen molar-refractivity contribution in [3.05, 3.63) is 89.5 Å². The first kappa shape index (κ1) is 26.7. The molecule has 0 spiro atoms. The van der Waals surface area contributed by atoms with E-state index in [4.69, 9.17) is 9.47 Å². The fraction of sp³-hybridized carbons (Fsp3) is 0.259. The molecule has 0 fully saturated rings. The van der Waals surface area contributed by atoms with Gasteiger partial charge in [0.05, 0.1) is 24.8 Å². The van der Waals surface area contributed by atoms with Crippen LogP contribution in [-0.2, 0) is 27.8 Å². The van der Waals surface area contributed by atoms with Gasteiger partial charge in [-0.2, -0.15) is 5.10 Å². The predicted octanol–water partition coefficient (Wildman–Crippen LogP) is 4.14. The average molecular weight is 510 g/mol. The standard InChI is InChI=1S/C27H31N3O5S/c1-4-23-13-9-10-14-24(23)30(36(3,32)33)19-27(31)29-28-18-22-15-16-25(26(17-22)34-5-2)35-20-21-11-7-6-8-12-21/h6-18H,4-5,19-20H2,1-3H3,(H,29,31)/b28-18-. The van der Waals surface area contributed by atoms with Crippen molar-refractivity contribution in [1.82, 2.24) is 5.43 Å². The quantitative estimate of drug-likeness (QED) is 0.292. The van der Waals surface area contributed by atoms with Gasteiger partial charge in [-0.25, -0.2) is 13.8 Å². The largest absolute Gasteiger partial charge is 0.490 e. The summed E-state index contributed by atoms with van der Waals surface area (Å²) in [5.74, 6) is 0.596. The Labute approximate surface area is 212 Å². The summed E-state index contributed by atoms with van der Waals surface area (Å²) in [4.78, 5) is 12.5. The van der Waals surface area contributed by atoms with E-state index in [-0.39, 0.29) is 6.54 Å². The molecule has 9 heteroatoms. The number of benzene rings is 3. The molecule has 0 aromatic heterocycles. The molecule has 0 atom stereocenters. The first-order chi connectivity index (χ1) is 17.3. The summed E-state index contributed by atoms with van der Waals surface area (Å²) in [5.41, 5.74) is 5.44. The topological polar surface area (TPSA) is 97.3 Å². The van der Waals surface area contributed by atoms with Crippen LogP contribution in [0.1, 0.15) is 30.5 Å². The van der Waals surface area contributed by atoms with Gasteiger partial charge in [0.25, 0.3) is 5.91 Å². The van der Waals surface area contributed by atoms with Gasteiger partial charge in [-0.15, -0.1) is 0 Å². The Hall–Kier alpha value is -3.85. The van der Waals surface area contributed by atoms with Gasteiger partial charge >= 0.3 is 0 Å². The van der Waals surface area contributed by atoms with Gasteiger partial charge in [-0.1, -0.05) is 55.5 Å². The molecule has 190 valence electrons. The van der Waals surface area contributed by atoms with Crippen molar-refractivity contribution in [2.45, 2.75) is 26.9 Å². The number of hydrazone groups is 1. The zero-order valence-corrected chi connectivity index (χ0v) is 21.5. The summed E-state index contributed by atoms with van der Waals surface area (Å²) in [6.07, 6.45) is 3.17. The number of carbonyl (C=O) groups excluding carboxylic acids is 1. The number of sulfonamides is 1. The molecule has 3 rings (SSSR count). The normalized spacial score (nSPS) is 11.3. The Bertz CT molecular complexity index is 1290.